The van der Waals surface area contributed by atoms with Crippen molar-refractivity contribution in [3.63, 3.8) is 0 Å². The normalized spacial score (nSPS) is 31.9. The third-order valence-electron chi connectivity index (χ3n) is 3.58. The fourth-order valence-electron chi connectivity index (χ4n) is 2.17. The first-order valence-corrected chi connectivity index (χ1v) is 5.76. The molecule has 0 heterocycles. The monoisotopic (exact) mass is 244 g/mol. The molecule has 4 atom stereocenters. The van der Waals surface area contributed by atoms with E-state index in [1.807, 2.05) is 0 Å². The maximum absolute atomic E-state index is 12.0. The van der Waals surface area contributed by atoms with E-state index in [9.17, 15) is 14.7 Å². The maximum Gasteiger partial charge on any atom is 0.328 e. The molecule has 98 valence electrons. The summed E-state index contributed by atoms with van der Waals surface area (Å²) in [6, 6.07) is -1.54. The number of rotatable bonds is 4. The first-order chi connectivity index (χ1) is 7.79. The van der Waals surface area contributed by atoms with Crippen LogP contribution in [0, 0.1) is 5.41 Å². The number of carbonyl (C=O) groups is 2. The van der Waals surface area contributed by atoms with Gasteiger partial charge in [0.1, 0.15) is 0 Å². The van der Waals surface area contributed by atoms with Crippen LogP contribution in [0.25, 0.3) is 0 Å². The summed E-state index contributed by atoms with van der Waals surface area (Å²) in [6.45, 7) is 3.07. The van der Waals surface area contributed by atoms with Gasteiger partial charge in [0.05, 0.1) is 11.5 Å². The largest absolute Gasteiger partial charge is 0.480 e. The van der Waals surface area contributed by atoms with E-state index in [0.717, 1.165) is 12.8 Å². The average molecular weight is 244 g/mol. The molecule has 1 saturated carbocycles. The van der Waals surface area contributed by atoms with Crippen LogP contribution >= 0.6 is 0 Å². The van der Waals surface area contributed by atoms with Gasteiger partial charge in [0.2, 0.25) is 5.91 Å². The Balaban J connectivity index is 2.74. The van der Waals surface area contributed by atoms with Gasteiger partial charge >= 0.3 is 5.97 Å². The van der Waals surface area contributed by atoms with E-state index < -0.39 is 29.4 Å². The Morgan fingerprint density at radius 2 is 2.12 bits per heavy atom. The molecule has 6 nitrogen and oxygen atoms in total. The SMILES string of the molecule is CC(O)C(NC(=O)C1(C)CCCC1N)C(=O)O. The minimum Gasteiger partial charge on any atom is -0.480 e. The van der Waals surface area contributed by atoms with Crippen molar-refractivity contribution < 1.29 is 19.8 Å². The van der Waals surface area contributed by atoms with Gasteiger partial charge < -0.3 is 21.3 Å². The Morgan fingerprint density at radius 3 is 2.47 bits per heavy atom. The highest BCUT2D eigenvalue weighted by Gasteiger charge is 2.44. The lowest BCUT2D eigenvalue weighted by Crippen LogP contribution is -2.55. The summed E-state index contributed by atoms with van der Waals surface area (Å²) in [5.41, 5.74) is 5.14. The number of aliphatic hydroxyl groups is 1. The molecule has 1 aliphatic carbocycles. The highest BCUT2D eigenvalue weighted by Crippen LogP contribution is 2.36. The highest BCUT2D eigenvalue weighted by atomic mass is 16.4. The van der Waals surface area contributed by atoms with E-state index in [0.29, 0.717) is 6.42 Å². The molecular formula is C11H20N2O4. The van der Waals surface area contributed by atoms with E-state index in [2.05, 4.69) is 5.32 Å². The van der Waals surface area contributed by atoms with Gasteiger partial charge in [-0.2, -0.15) is 0 Å². The second-order valence-corrected chi connectivity index (χ2v) is 4.95. The number of aliphatic carboxylic acids is 1. The lowest BCUT2D eigenvalue weighted by Gasteiger charge is -2.29. The van der Waals surface area contributed by atoms with Crippen molar-refractivity contribution >= 4 is 11.9 Å². The van der Waals surface area contributed by atoms with Crippen molar-refractivity contribution in [2.24, 2.45) is 11.1 Å². The number of nitrogens with two attached hydrogens (primary N) is 1. The van der Waals surface area contributed by atoms with Crippen molar-refractivity contribution in [1.29, 1.82) is 0 Å². The first-order valence-electron chi connectivity index (χ1n) is 5.76. The molecule has 4 unspecified atom stereocenters. The minimum absolute atomic E-state index is 0.258. The molecule has 1 aliphatic rings. The van der Waals surface area contributed by atoms with E-state index >= 15 is 0 Å². The van der Waals surface area contributed by atoms with Gasteiger partial charge in [0.15, 0.2) is 6.04 Å². The predicted molar refractivity (Wildman–Crippen MR) is 61.2 cm³/mol. The van der Waals surface area contributed by atoms with E-state index in [1.54, 1.807) is 6.92 Å². The number of carboxylic acids is 1. The Kier molecular flexibility index (Phi) is 4.11. The molecule has 5 N–H and O–H groups in total. The van der Waals surface area contributed by atoms with Crippen molar-refractivity contribution in [2.45, 2.75) is 51.3 Å². The average Bonchev–Trinajstić information content (AvgIpc) is 2.55. The molecule has 0 aliphatic heterocycles. The molecule has 0 aromatic rings. The van der Waals surface area contributed by atoms with Crippen LogP contribution in [0.5, 0.6) is 0 Å². The number of carboxylic acid groups (broad SMARTS) is 1. The molecule has 1 rings (SSSR count). The zero-order valence-electron chi connectivity index (χ0n) is 10.1. The second-order valence-electron chi connectivity index (χ2n) is 4.95. The van der Waals surface area contributed by atoms with E-state index in [-0.39, 0.29) is 6.04 Å². The van der Waals surface area contributed by atoms with Crippen LogP contribution in [0.15, 0.2) is 0 Å². The molecule has 0 bridgehead atoms. The van der Waals surface area contributed by atoms with Crippen LogP contribution in [0.1, 0.15) is 33.1 Å². The zero-order chi connectivity index (χ0) is 13.2. The number of hydrogen-bond donors (Lipinski definition) is 4. The highest BCUT2D eigenvalue weighted by molar-refractivity contribution is 5.88. The smallest absolute Gasteiger partial charge is 0.328 e. The molecule has 0 aromatic heterocycles. The lowest BCUT2D eigenvalue weighted by molar-refractivity contribution is -0.146. The Bertz CT molecular complexity index is 319. The fourth-order valence-corrected chi connectivity index (χ4v) is 2.17. The number of nitrogens with one attached hydrogen (secondary N) is 1. The molecule has 0 spiro atoms. The molecular weight excluding hydrogens is 224 g/mol. The van der Waals surface area contributed by atoms with Crippen LogP contribution < -0.4 is 11.1 Å². The second kappa shape index (κ2) is 5.01. The Labute approximate surface area is 100 Å². The lowest BCUT2D eigenvalue weighted by atomic mass is 9.84. The molecule has 1 fully saturated rings. The van der Waals surface area contributed by atoms with Crippen LogP contribution in [-0.2, 0) is 9.59 Å². The number of hydrogen-bond acceptors (Lipinski definition) is 4. The molecule has 0 saturated heterocycles. The number of aliphatic hydroxyl groups excluding tert-OH is 1. The third-order valence-corrected chi connectivity index (χ3v) is 3.58. The number of amides is 1. The zero-order valence-corrected chi connectivity index (χ0v) is 10.1. The summed E-state index contributed by atoms with van der Waals surface area (Å²) in [5, 5.41) is 20.5. The minimum atomic E-state index is -1.29. The standard InChI is InChI=1S/C11H20N2O4/c1-6(14)8(9(15)16)13-10(17)11(2)5-3-4-7(11)12/h6-8,14H,3-5,12H2,1-2H3,(H,13,17)(H,15,16). The Morgan fingerprint density at radius 1 is 1.53 bits per heavy atom. The summed E-state index contributed by atoms with van der Waals surface area (Å²) < 4.78 is 0. The van der Waals surface area contributed by atoms with Crippen LogP contribution in [0.3, 0.4) is 0 Å². The summed E-state index contributed by atoms with van der Waals surface area (Å²) in [6.07, 6.45) is 1.12. The summed E-state index contributed by atoms with van der Waals surface area (Å²) in [7, 11) is 0. The van der Waals surface area contributed by atoms with E-state index in [4.69, 9.17) is 10.8 Å². The van der Waals surface area contributed by atoms with Gasteiger partial charge in [-0.15, -0.1) is 0 Å². The van der Waals surface area contributed by atoms with Crippen molar-refractivity contribution in [3.05, 3.63) is 0 Å². The molecule has 1 amide bonds. The Hall–Kier alpha value is -1.14. The van der Waals surface area contributed by atoms with Crippen LogP contribution in [0.2, 0.25) is 0 Å². The fraction of sp³-hybridized carbons (Fsp3) is 0.818. The molecule has 17 heavy (non-hydrogen) atoms. The van der Waals surface area contributed by atoms with Gasteiger partial charge in [-0.3, -0.25) is 4.79 Å². The maximum atomic E-state index is 12.0. The molecule has 0 radical (unpaired) electrons. The quantitative estimate of drug-likeness (QED) is 0.530. The van der Waals surface area contributed by atoms with Crippen LogP contribution in [-0.4, -0.2) is 40.3 Å². The van der Waals surface area contributed by atoms with Gasteiger partial charge in [-0.05, 0) is 26.7 Å². The van der Waals surface area contributed by atoms with Gasteiger partial charge in [-0.25, -0.2) is 4.79 Å². The summed E-state index contributed by atoms with van der Waals surface area (Å²) in [5.74, 6) is -1.64. The predicted octanol–water partition coefficient (Wildman–Crippen LogP) is -0.546. The number of carbonyl (C=O) groups excluding carboxylic acids is 1. The van der Waals surface area contributed by atoms with Crippen molar-refractivity contribution in [1.82, 2.24) is 5.32 Å². The molecule has 0 aromatic carbocycles. The first kappa shape index (κ1) is 13.9. The topological polar surface area (TPSA) is 113 Å². The molecule has 6 heteroatoms. The van der Waals surface area contributed by atoms with Gasteiger partial charge in [0, 0.05) is 6.04 Å². The van der Waals surface area contributed by atoms with Gasteiger partial charge in [0.25, 0.3) is 0 Å². The van der Waals surface area contributed by atoms with Crippen molar-refractivity contribution in [3.8, 4) is 0 Å². The summed E-state index contributed by atoms with van der Waals surface area (Å²) >= 11 is 0. The van der Waals surface area contributed by atoms with Gasteiger partial charge in [-0.1, -0.05) is 6.42 Å². The van der Waals surface area contributed by atoms with Crippen molar-refractivity contribution in [2.75, 3.05) is 0 Å². The summed E-state index contributed by atoms with van der Waals surface area (Å²) in [4.78, 5) is 22.9. The third kappa shape index (κ3) is 2.76. The van der Waals surface area contributed by atoms with E-state index in [1.165, 1.54) is 6.92 Å². The van der Waals surface area contributed by atoms with Crippen LogP contribution in [0.4, 0.5) is 0 Å².